The number of fused-ring (bicyclic) bond motifs is 1. The molecule has 0 saturated heterocycles. The number of carboxylic acids is 1. The van der Waals surface area contributed by atoms with Gasteiger partial charge in [0, 0.05) is 5.39 Å². The number of ether oxygens (including phenoxy) is 1. The zero-order chi connectivity index (χ0) is 22.2. The van der Waals surface area contributed by atoms with E-state index in [2.05, 4.69) is 11.3 Å². The van der Waals surface area contributed by atoms with Gasteiger partial charge in [0.05, 0.1) is 12.8 Å². The summed E-state index contributed by atoms with van der Waals surface area (Å²) in [7, 11) is -9.53. The predicted molar refractivity (Wildman–Crippen MR) is 102 cm³/mol. The van der Waals surface area contributed by atoms with Crippen LogP contribution in [0.25, 0.3) is 10.8 Å². The summed E-state index contributed by atoms with van der Waals surface area (Å²) in [5.41, 5.74) is 0. The zero-order valence-corrected chi connectivity index (χ0v) is 16.5. The fraction of sp³-hybridized carbons (Fsp3) is 0.176. The molecule has 0 fully saturated rings. The van der Waals surface area contributed by atoms with Crippen LogP contribution < -0.4 is 0 Å². The molecular formula is C17H18O10S2. The topological polar surface area (TPSA) is 172 Å². The molecule has 158 valence electrons. The van der Waals surface area contributed by atoms with Crippen molar-refractivity contribution < 1.29 is 45.4 Å². The Balaban J connectivity index is 0.000000331. The molecule has 0 aliphatic heterocycles. The number of aliphatic carboxylic acids is 1. The molecular weight excluding hydrogens is 428 g/mol. The number of esters is 1. The number of benzene rings is 2. The largest absolute Gasteiger partial charge is 0.481 e. The van der Waals surface area contributed by atoms with Gasteiger partial charge in [0.1, 0.15) is 16.4 Å². The van der Waals surface area contributed by atoms with Crippen LogP contribution in [0.4, 0.5) is 0 Å². The van der Waals surface area contributed by atoms with Gasteiger partial charge >= 0.3 is 11.9 Å². The first-order valence-corrected chi connectivity index (χ1v) is 10.7. The molecule has 2 aromatic carbocycles. The highest BCUT2D eigenvalue weighted by atomic mass is 32.2. The van der Waals surface area contributed by atoms with Crippen molar-refractivity contribution in [3.63, 3.8) is 0 Å². The zero-order valence-electron chi connectivity index (χ0n) is 14.9. The third-order valence-corrected chi connectivity index (χ3v) is 5.27. The minimum Gasteiger partial charge on any atom is -0.481 e. The molecule has 0 aliphatic rings. The van der Waals surface area contributed by atoms with Crippen molar-refractivity contribution in [1.29, 1.82) is 0 Å². The van der Waals surface area contributed by atoms with Crippen molar-refractivity contribution in [2.24, 2.45) is 0 Å². The van der Waals surface area contributed by atoms with Gasteiger partial charge in [-0.1, -0.05) is 43.0 Å². The van der Waals surface area contributed by atoms with Crippen LogP contribution in [0.3, 0.4) is 0 Å². The second kappa shape index (κ2) is 10.1. The number of hydrogen-bond acceptors (Lipinski definition) is 7. The van der Waals surface area contributed by atoms with E-state index in [1.807, 2.05) is 0 Å². The van der Waals surface area contributed by atoms with Crippen LogP contribution in [-0.4, -0.2) is 49.6 Å². The smallest absolute Gasteiger partial charge is 0.306 e. The molecule has 3 N–H and O–H groups in total. The van der Waals surface area contributed by atoms with E-state index in [0.717, 1.165) is 6.07 Å². The van der Waals surface area contributed by atoms with Crippen LogP contribution in [0, 0.1) is 0 Å². The molecule has 0 unspecified atom stereocenters. The maximum absolute atomic E-state index is 11.3. The Hall–Kier alpha value is -2.80. The van der Waals surface area contributed by atoms with Crippen LogP contribution in [0.5, 0.6) is 0 Å². The SMILES string of the molecule is C=CCOC(=O)CCC(=O)O.O=S(=O)(O)c1ccc2ccccc2c1S(=O)(=O)O. The molecule has 10 nitrogen and oxygen atoms in total. The van der Waals surface area contributed by atoms with Crippen LogP contribution in [0.15, 0.2) is 58.8 Å². The predicted octanol–water partition coefficient (Wildman–Crippen LogP) is 1.91. The Bertz CT molecular complexity index is 1120. The molecule has 0 heterocycles. The minimum atomic E-state index is -4.78. The van der Waals surface area contributed by atoms with Gasteiger partial charge in [-0.15, -0.1) is 0 Å². The summed E-state index contributed by atoms with van der Waals surface area (Å²) >= 11 is 0. The van der Waals surface area contributed by atoms with Crippen LogP contribution >= 0.6 is 0 Å². The van der Waals surface area contributed by atoms with Crippen LogP contribution in [0.2, 0.25) is 0 Å². The van der Waals surface area contributed by atoms with E-state index >= 15 is 0 Å². The normalized spacial score (nSPS) is 11.2. The van der Waals surface area contributed by atoms with E-state index in [4.69, 9.17) is 14.2 Å². The molecule has 0 spiro atoms. The van der Waals surface area contributed by atoms with Gasteiger partial charge < -0.3 is 9.84 Å². The molecule has 0 saturated carbocycles. The Morgan fingerprint density at radius 2 is 1.59 bits per heavy atom. The highest BCUT2D eigenvalue weighted by molar-refractivity contribution is 7.89. The van der Waals surface area contributed by atoms with Crippen LogP contribution in [-0.2, 0) is 34.6 Å². The summed E-state index contributed by atoms with van der Waals surface area (Å²) < 4.78 is 67.5. The first-order chi connectivity index (χ1) is 13.4. The third kappa shape index (κ3) is 7.62. The quantitative estimate of drug-likeness (QED) is 0.324. The first-order valence-electron chi connectivity index (χ1n) is 7.83. The molecule has 2 rings (SSSR count). The van der Waals surface area contributed by atoms with E-state index < -0.39 is 42.0 Å². The van der Waals surface area contributed by atoms with E-state index in [9.17, 15) is 26.4 Å². The summed E-state index contributed by atoms with van der Waals surface area (Å²) in [4.78, 5) is 18.9. The maximum Gasteiger partial charge on any atom is 0.306 e. The van der Waals surface area contributed by atoms with Gasteiger partial charge in [0.2, 0.25) is 0 Å². The average molecular weight is 446 g/mol. The van der Waals surface area contributed by atoms with Crippen molar-refractivity contribution >= 4 is 42.9 Å². The lowest BCUT2D eigenvalue weighted by Gasteiger charge is -2.08. The van der Waals surface area contributed by atoms with Gasteiger partial charge in [-0.05, 0) is 11.5 Å². The van der Waals surface area contributed by atoms with E-state index in [-0.39, 0.29) is 24.8 Å². The minimum absolute atomic E-state index is 0.0233. The van der Waals surface area contributed by atoms with Gasteiger partial charge in [0.25, 0.3) is 20.2 Å². The van der Waals surface area contributed by atoms with E-state index in [1.165, 1.54) is 24.3 Å². The lowest BCUT2D eigenvalue weighted by atomic mass is 10.1. The molecule has 0 bridgehead atoms. The summed E-state index contributed by atoms with van der Waals surface area (Å²) in [6.45, 7) is 3.47. The molecule has 2 aromatic rings. The molecule has 0 aliphatic carbocycles. The molecule has 29 heavy (non-hydrogen) atoms. The van der Waals surface area contributed by atoms with Crippen molar-refractivity contribution in [1.82, 2.24) is 0 Å². The molecule has 0 atom stereocenters. The van der Waals surface area contributed by atoms with E-state index in [1.54, 1.807) is 12.1 Å². The monoisotopic (exact) mass is 446 g/mol. The lowest BCUT2D eigenvalue weighted by molar-refractivity contribution is -0.146. The third-order valence-electron chi connectivity index (χ3n) is 3.28. The summed E-state index contributed by atoms with van der Waals surface area (Å²) in [6.07, 6.45) is 1.16. The first kappa shape index (κ1) is 24.2. The fourth-order valence-electron chi connectivity index (χ4n) is 2.13. The van der Waals surface area contributed by atoms with Crippen molar-refractivity contribution in [3.05, 3.63) is 49.1 Å². The number of hydrogen-bond donors (Lipinski definition) is 3. The summed E-state index contributed by atoms with van der Waals surface area (Å²) in [6, 6.07) is 8.28. The second-order valence-electron chi connectivity index (χ2n) is 5.43. The Labute approximate surface area is 166 Å². The molecule has 0 aromatic heterocycles. The number of carbonyl (C=O) groups is 2. The molecule has 0 radical (unpaired) electrons. The molecule has 0 amide bonds. The Morgan fingerprint density at radius 3 is 2.10 bits per heavy atom. The fourth-order valence-corrected chi connectivity index (χ4v) is 4.13. The standard InChI is InChI=1S/C10H8O6S2.C7H10O4/c11-17(12,13)9-6-5-7-3-1-2-4-8(7)10(9)18(14,15)16;1-2-5-11-7(10)4-3-6(8)9/h1-6H,(H,11,12,13)(H,14,15,16);2H,1,3-5H2,(H,8,9). The number of carbonyl (C=O) groups excluding carboxylic acids is 1. The van der Waals surface area contributed by atoms with Gasteiger partial charge in [-0.3, -0.25) is 18.7 Å². The van der Waals surface area contributed by atoms with Gasteiger partial charge in [-0.25, -0.2) is 0 Å². The van der Waals surface area contributed by atoms with Crippen molar-refractivity contribution in [2.75, 3.05) is 6.61 Å². The van der Waals surface area contributed by atoms with Crippen molar-refractivity contribution in [2.45, 2.75) is 22.6 Å². The second-order valence-corrected chi connectivity index (χ2v) is 8.18. The highest BCUT2D eigenvalue weighted by Crippen LogP contribution is 2.29. The average Bonchev–Trinajstić information content (AvgIpc) is 2.62. The highest BCUT2D eigenvalue weighted by Gasteiger charge is 2.26. The summed E-state index contributed by atoms with van der Waals surface area (Å²) in [5.74, 6) is -1.51. The van der Waals surface area contributed by atoms with Gasteiger partial charge in [-0.2, -0.15) is 16.8 Å². The van der Waals surface area contributed by atoms with Gasteiger partial charge in [0.15, 0.2) is 0 Å². The van der Waals surface area contributed by atoms with E-state index in [0.29, 0.717) is 5.39 Å². The Kier molecular flexibility index (Phi) is 8.45. The molecule has 12 heteroatoms. The lowest BCUT2D eigenvalue weighted by Crippen LogP contribution is -2.09. The van der Waals surface area contributed by atoms with Crippen LogP contribution in [0.1, 0.15) is 12.8 Å². The van der Waals surface area contributed by atoms with Crippen molar-refractivity contribution in [3.8, 4) is 0 Å². The number of carboxylic acid groups (broad SMARTS) is 1. The summed E-state index contributed by atoms with van der Waals surface area (Å²) in [5, 5.41) is 8.61. The number of rotatable bonds is 7. The maximum atomic E-state index is 11.3. The Morgan fingerprint density at radius 1 is 0.966 bits per heavy atom.